The number of benzene rings is 1. The minimum atomic E-state index is -0.435. The molecule has 27 heavy (non-hydrogen) atoms. The molecule has 2 aliphatic heterocycles. The van der Waals surface area contributed by atoms with Gasteiger partial charge in [-0.15, -0.1) is 24.8 Å². The number of nitrogens with one attached hydrogen (secondary N) is 1. The van der Waals surface area contributed by atoms with Gasteiger partial charge in [-0.3, -0.25) is 14.5 Å². The van der Waals surface area contributed by atoms with E-state index in [-0.39, 0.29) is 48.8 Å². The Morgan fingerprint density at radius 2 is 2.00 bits per heavy atom. The fourth-order valence-electron chi connectivity index (χ4n) is 3.61. The lowest BCUT2D eigenvalue weighted by atomic mass is 10.1. The molecule has 0 saturated carbocycles. The first-order valence-corrected chi connectivity index (χ1v) is 8.85. The van der Waals surface area contributed by atoms with Crippen LogP contribution < -0.4 is 16.8 Å². The van der Waals surface area contributed by atoms with Gasteiger partial charge in [0.1, 0.15) is 6.10 Å². The number of carbonyl (C=O) groups excluding carboxylic acids is 2. The third-order valence-corrected chi connectivity index (χ3v) is 4.94. The molecule has 1 aromatic carbocycles. The first kappa shape index (κ1) is 23.7. The van der Waals surface area contributed by atoms with Gasteiger partial charge in [0.05, 0.1) is 12.1 Å². The first-order valence-electron chi connectivity index (χ1n) is 8.85. The number of halogens is 2. The summed E-state index contributed by atoms with van der Waals surface area (Å²) in [6.45, 7) is 1.95. The Morgan fingerprint density at radius 1 is 1.22 bits per heavy atom. The molecule has 0 radical (unpaired) electrons. The van der Waals surface area contributed by atoms with Crippen LogP contribution in [0, 0.1) is 0 Å². The Hall–Kier alpha value is -1.38. The molecule has 9 heteroatoms. The van der Waals surface area contributed by atoms with Crippen LogP contribution >= 0.6 is 24.8 Å². The molecule has 2 heterocycles. The quantitative estimate of drug-likeness (QED) is 0.646. The number of rotatable bonds is 6. The molecule has 0 aromatic heterocycles. The zero-order valence-corrected chi connectivity index (χ0v) is 16.8. The predicted octanol–water partition coefficient (Wildman–Crippen LogP) is 1.42. The van der Waals surface area contributed by atoms with Crippen molar-refractivity contribution in [2.75, 3.05) is 18.4 Å². The molecule has 3 atom stereocenters. The maximum absolute atomic E-state index is 12.3. The molecule has 1 unspecified atom stereocenters. The van der Waals surface area contributed by atoms with Crippen molar-refractivity contribution in [1.82, 2.24) is 4.90 Å². The number of anilines is 1. The molecule has 1 aromatic rings. The lowest BCUT2D eigenvalue weighted by Gasteiger charge is -2.22. The molecule has 152 valence electrons. The fraction of sp³-hybridized carbons (Fsp3) is 0.556. The molecule has 3 rings (SSSR count). The zero-order chi connectivity index (χ0) is 17.8. The van der Waals surface area contributed by atoms with Crippen molar-refractivity contribution >= 4 is 42.3 Å². The van der Waals surface area contributed by atoms with E-state index in [4.69, 9.17) is 16.2 Å². The van der Waals surface area contributed by atoms with E-state index in [1.165, 1.54) is 0 Å². The van der Waals surface area contributed by atoms with Crippen LogP contribution in [-0.4, -0.2) is 48.1 Å². The smallest absolute Gasteiger partial charge is 0.253 e. The largest absolute Gasteiger partial charge is 0.368 e. The van der Waals surface area contributed by atoms with E-state index >= 15 is 0 Å². The van der Waals surface area contributed by atoms with Gasteiger partial charge in [0, 0.05) is 18.8 Å². The van der Waals surface area contributed by atoms with E-state index in [1.54, 1.807) is 0 Å². The number of primary amides is 1. The lowest BCUT2D eigenvalue weighted by molar-refractivity contribution is -0.126. The van der Waals surface area contributed by atoms with Crippen LogP contribution in [0.5, 0.6) is 0 Å². The average Bonchev–Trinajstić information content (AvgIpc) is 3.24. The molecule has 7 nitrogen and oxygen atoms in total. The van der Waals surface area contributed by atoms with Crippen LogP contribution in [0.4, 0.5) is 5.69 Å². The molecular formula is C18H28Cl2N4O3. The number of ether oxygens (including phenoxy) is 1. The van der Waals surface area contributed by atoms with Gasteiger partial charge in [-0.1, -0.05) is 12.1 Å². The summed E-state index contributed by atoms with van der Waals surface area (Å²) in [7, 11) is 0. The summed E-state index contributed by atoms with van der Waals surface area (Å²) in [6.07, 6.45) is 2.84. The number of hydrogen-bond acceptors (Lipinski definition) is 5. The second-order valence-corrected chi connectivity index (χ2v) is 6.78. The van der Waals surface area contributed by atoms with Crippen LogP contribution in [0.1, 0.15) is 31.2 Å². The van der Waals surface area contributed by atoms with E-state index in [1.807, 2.05) is 24.3 Å². The predicted molar refractivity (Wildman–Crippen MR) is 109 cm³/mol. The second kappa shape index (κ2) is 10.8. The third-order valence-electron chi connectivity index (χ3n) is 4.94. The van der Waals surface area contributed by atoms with Gasteiger partial charge >= 0.3 is 0 Å². The topological polar surface area (TPSA) is 111 Å². The molecule has 0 bridgehead atoms. The van der Waals surface area contributed by atoms with Crippen molar-refractivity contribution in [2.24, 2.45) is 11.5 Å². The molecular weight excluding hydrogens is 391 g/mol. The summed E-state index contributed by atoms with van der Waals surface area (Å²) in [5.41, 5.74) is 12.8. The van der Waals surface area contributed by atoms with Crippen LogP contribution in [0.15, 0.2) is 24.3 Å². The molecule has 0 spiro atoms. The lowest BCUT2D eigenvalue weighted by Crippen LogP contribution is -2.39. The molecule has 2 fully saturated rings. The monoisotopic (exact) mass is 418 g/mol. The van der Waals surface area contributed by atoms with Gasteiger partial charge in [0.15, 0.2) is 0 Å². The Labute approximate surface area is 172 Å². The van der Waals surface area contributed by atoms with E-state index in [0.29, 0.717) is 19.5 Å². The van der Waals surface area contributed by atoms with Crippen molar-refractivity contribution in [2.45, 2.75) is 50.5 Å². The molecule has 0 aliphatic carbocycles. The minimum absolute atomic E-state index is 0. The van der Waals surface area contributed by atoms with Crippen LogP contribution in [-0.2, 0) is 20.9 Å². The third kappa shape index (κ3) is 6.05. The summed E-state index contributed by atoms with van der Waals surface area (Å²) in [5, 5.41) is 2.91. The van der Waals surface area contributed by atoms with Crippen molar-refractivity contribution in [3.8, 4) is 0 Å². The van der Waals surface area contributed by atoms with Gasteiger partial charge in [0.25, 0.3) is 5.91 Å². The summed E-state index contributed by atoms with van der Waals surface area (Å²) in [4.78, 5) is 25.9. The first-order chi connectivity index (χ1) is 12.1. The van der Waals surface area contributed by atoms with Crippen molar-refractivity contribution in [3.05, 3.63) is 29.8 Å². The van der Waals surface area contributed by atoms with E-state index < -0.39 is 6.10 Å². The Bertz CT molecular complexity index is 647. The van der Waals surface area contributed by atoms with Crippen LogP contribution in [0.25, 0.3) is 0 Å². The Balaban J connectivity index is 0.00000182. The van der Waals surface area contributed by atoms with Crippen molar-refractivity contribution < 1.29 is 14.3 Å². The Morgan fingerprint density at radius 3 is 2.67 bits per heavy atom. The van der Waals surface area contributed by atoms with Crippen LogP contribution in [0.3, 0.4) is 0 Å². The number of hydrogen-bond donors (Lipinski definition) is 3. The summed E-state index contributed by atoms with van der Waals surface area (Å²) >= 11 is 0. The average molecular weight is 419 g/mol. The van der Waals surface area contributed by atoms with Gasteiger partial charge in [-0.05, 0) is 49.9 Å². The molecule has 2 amide bonds. The number of amides is 2. The van der Waals surface area contributed by atoms with Gasteiger partial charge in [0.2, 0.25) is 5.91 Å². The van der Waals surface area contributed by atoms with Gasteiger partial charge in [-0.2, -0.15) is 0 Å². The van der Waals surface area contributed by atoms with Crippen molar-refractivity contribution in [1.29, 1.82) is 0 Å². The number of likely N-dealkylation sites (tertiary alicyclic amines) is 1. The molecule has 5 N–H and O–H groups in total. The highest BCUT2D eigenvalue weighted by atomic mass is 35.5. The maximum atomic E-state index is 12.3. The highest BCUT2D eigenvalue weighted by Crippen LogP contribution is 2.23. The van der Waals surface area contributed by atoms with E-state index in [9.17, 15) is 9.59 Å². The minimum Gasteiger partial charge on any atom is -0.368 e. The standard InChI is InChI=1S/C18H26N4O3.2ClH/c19-10-14-6-7-16(25-14)18(24)21-13-4-1-3-12(9-13)11-22-8-2-5-15(22)17(20)23;;/h1,3-4,9,14-16H,2,5-8,10-11,19H2,(H2,20,23)(H,21,24);2*1H/t14-,15?,16+;;/m1../s1. The second-order valence-electron chi connectivity index (χ2n) is 6.78. The summed E-state index contributed by atoms with van der Waals surface area (Å²) < 4.78 is 5.63. The van der Waals surface area contributed by atoms with Crippen molar-refractivity contribution in [3.63, 3.8) is 0 Å². The SMILES string of the molecule is Cl.Cl.NC[C@H]1CC[C@@H](C(=O)Nc2cccc(CN3CCCC3C(N)=O)c2)O1. The zero-order valence-electron chi connectivity index (χ0n) is 15.1. The van der Waals surface area contributed by atoms with E-state index in [0.717, 1.165) is 37.1 Å². The highest BCUT2D eigenvalue weighted by molar-refractivity contribution is 5.94. The van der Waals surface area contributed by atoms with Crippen LogP contribution in [0.2, 0.25) is 0 Å². The normalized spacial score (nSPS) is 24.7. The summed E-state index contributed by atoms with van der Waals surface area (Å²) in [6, 6.07) is 7.48. The maximum Gasteiger partial charge on any atom is 0.253 e. The number of nitrogens with zero attached hydrogens (tertiary/aromatic N) is 1. The number of carbonyl (C=O) groups is 2. The molecule has 2 aliphatic rings. The fourth-order valence-corrected chi connectivity index (χ4v) is 3.61. The Kier molecular flexibility index (Phi) is 9.49. The summed E-state index contributed by atoms with van der Waals surface area (Å²) in [5.74, 6) is -0.404. The van der Waals surface area contributed by atoms with E-state index in [2.05, 4.69) is 10.2 Å². The highest BCUT2D eigenvalue weighted by Gasteiger charge is 2.30. The molecule has 2 saturated heterocycles. The van der Waals surface area contributed by atoms with Gasteiger partial charge < -0.3 is 21.5 Å². The van der Waals surface area contributed by atoms with Gasteiger partial charge in [-0.25, -0.2) is 0 Å². The number of nitrogens with two attached hydrogens (primary N) is 2.